The molecule has 2 heterocycles. The van der Waals surface area contributed by atoms with Crippen LogP contribution in [-0.2, 0) is 20.0 Å². The van der Waals surface area contributed by atoms with Crippen molar-refractivity contribution in [3.63, 3.8) is 0 Å². The van der Waals surface area contributed by atoms with Crippen LogP contribution in [0.25, 0.3) is 21.8 Å². The maximum absolute atomic E-state index is 13.8. The lowest BCUT2D eigenvalue weighted by molar-refractivity contribution is 0.215. The number of aromatic nitrogens is 2. The van der Waals surface area contributed by atoms with Crippen LogP contribution in [0.5, 0.6) is 5.75 Å². The zero-order valence-corrected chi connectivity index (χ0v) is 22.9. The van der Waals surface area contributed by atoms with Gasteiger partial charge in [-0.05, 0) is 72.3 Å². The summed E-state index contributed by atoms with van der Waals surface area (Å²) in [5.74, 6) is 0.546. The van der Waals surface area contributed by atoms with Gasteiger partial charge in [-0.15, -0.1) is 0 Å². The summed E-state index contributed by atoms with van der Waals surface area (Å²) in [6, 6.07) is 29.3. The van der Waals surface area contributed by atoms with E-state index in [4.69, 9.17) is 4.74 Å². The van der Waals surface area contributed by atoms with Gasteiger partial charge in [0, 0.05) is 17.0 Å². The number of hydrogen-bond donors (Lipinski definition) is 1. The molecule has 1 N–H and O–H groups in total. The summed E-state index contributed by atoms with van der Waals surface area (Å²) in [4.78, 5) is 0.234. The minimum absolute atomic E-state index is 0.0791. The number of aliphatic hydroxyl groups is 1. The molecule has 202 valence electrons. The first-order valence-electron chi connectivity index (χ1n) is 12.3. The third-order valence-electron chi connectivity index (χ3n) is 6.85. The van der Waals surface area contributed by atoms with Crippen molar-refractivity contribution in [1.29, 1.82) is 0 Å². The molecule has 40 heavy (non-hydrogen) atoms. The van der Waals surface area contributed by atoms with E-state index in [0.717, 1.165) is 3.97 Å². The van der Waals surface area contributed by atoms with Crippen LogP contribution < -0.4 is 4.74 Å². The predicted octanol–water partition coefficient (Wildman–Crippen LogP) is 5.16. The van der Waals surface area contributed by atoms with Gasteiger partial charge < -0.3 is 9.84 Å². The third kappa shape index (κ3) is 4.17. The Morgan fingerprint density at radius 2 is 1.30 bits per heavy atom. The van der Waals surface area contributed by atoms with Crippen LogP contribution in [0.3, 0.4) is 0 Å². The molecular weight excluding hydrogens is 548 g/mol. The molecule has 0 amide bonds. The second-order valence-corrected chi connectivity index (χ2v) is 12.8. The summed E-state index contributed by atoms with van der Waals surface area (Å²) in [7, 11) is -6.39. The first-order chi connectivity index (χ1) is 19.2. The van der Waals surface area contributed by atoms with Crippen LogP contribution in [0.4, 0.5) is 0 Å². The quantitative estimate of drug-likeness (QED) is 0.283. The second-order valence-electron chi connectivity index (χ2n) is 9.23. The Bertz CT molecular complexity index is 2080. The van der Waals surface area contributed by atoms with E-state index in [1.807, 2.05) is 0 Å². The van der Waals surface area contributed by atoms with E-state index < -0.39 is 26.2 Å². The summed E-state index contributed by atoms with van der Waals surface area (Å²) in [6.07, 6.45) is 0.127. The van der Waals surface area contributed by atoms with E-state index in [9.17, 15) is 21.9 Å². The number of benzene rings is 4. The zero-order valence-electron chi connectivity index (χ0n) is 21.2. The van der Waals surface area contributed by atoms with E-state index in [1.165, 1.54) is 41.5 Å². The van der Waals surface area contributed by atoms with Gasteiger partial charge in [0.2, 0.25) is 0 Å². The van der Waals surface area contributed by atoms with Crippen molar-refractivity contribution in [1.82, 2.24) is 7.94 Å². The maximum Gasteiger partial charge on any atom is 0.268 e. The van der Waals surface area contributed by atoms with Crippen LogP contribution >= 0.6 is 0 Å². The molecule has 0 saturated heterocycles. The van der Waals surface area contributed by atoms with Crippen molar-refractivity contribution < 1.29 is 26.7 Å². The largest absolute Gasteiger partial charge is 0.497 e. The second kappa shape index (κ2) is 9.67. The fraction of sp³-hybridized carbons (Fsp3) is 0.0667. The molecule has 0 aliphatic rings. The maximum atomic E-state index is 13.8. The van der Waals surface area contributed by atoms with Gasteiger partial charge in [0.15, 0.2) is 0 Å². The van der Waals surface area contributed by atoms with Gasteiger partial charge >= 0.3 is 0 Å². The summed E-state index contributed by atoms with van der Waals surface area (Å²) < 4.78 is 61.8. The van der Waals surface area contributed by atoms with Gasteiger partial charge in [0.25, 0.3) is 20.0 Å². The number of nitrogens with zero attached hydrogens (tertiary/aromatic N) is 2. The molecule has 0 fully saturated rings. The van der Waals surface area contributed by atoms with E-state index in [0.29, 0.717) is 33.1 Å². The molecule has 0 bridgehead atoms. The Balaban J connectivity index is 1.49. The molecule has 2 aromatic heterocycles. The van der Waals surface area contributed by atoms with Crippen molar-refractivity contribution in [3.8, 4) is 5.75 Å². The summed E-state index contributed by atoms with van der Waals surface area (Å²) in [5, 5.41) is 12.7. The molecule has 0 aliphatic carbocycles. The monoisotopic (exact) mass is 572 g/mol. The number of hydrogen-bond acceptors (Lipinski definition) is 6. The highest BCUT2D eigenvalue weighted by Gasteiger charge is 2.28. The highest BCUT2D eigenvalue weighted by atomic mass is 32.2. The average Bonchev–Trinajstić information content (AvgIpc) is 3.59. The highest BCUT2D eigenvalue weighted by Crippen LogP contribution is 2.35. The number of methoxy groups -OCH3 is 1. The minimum Gasteiger partial charge on any atom is -0.497 e. The Morgan fingerprint density at radius 3 is 1.95 bits per heavy atom. The Hall–Kier alpha value is -4.38. The number of aliphatic hydroxyl groups excluding tert-OH is 1. The van der Waals surface area contributed by atoms with Crippen LogP contribution in [0.2, 0.25) is 0 Å². The molecular formula is C30H24N2O6S2. The molecule has 6 aromatic rings. The van der Waals surface area contributed by atoms with Gasteiger partial charge in [-0.2, -0.15) is 0 Å². The van der Waals surface area contributed by atoms with Gasteiger partial charge in [0.1, 0.15) is 11.9 Å². The van der Waals surface area contributed by atoms with Gasteiger partial charge in [-0.1, -0.05) is 42.5 Å². The highest BCUT2D eigenvalue weighted by molar-refractivity contribution is 7.90. The van der Waals surface area contributed by atoms with E-state index in [1.54, 1.807) is 84.9 Å². The van der Waals surface area contributed by atoms with Crippen LogP contribution in [0.1, 0.15) is 17.4 Å². The lowest BCUT2D eigenvalue weighted by atomic mass is 10.0. The summed E-state index contributed by atoms with van der Waals surface area (Å²) in [5.41, 5.74) is 1.37. The van der Waals surface area contributed by atoms with Crippen molar-refractivity contribution in [2.45, 2.75) is 15.9 Å². The van der Waals surface area contributed by atoms with Gasteiger partial charge in [0.05, 0.1) is 33.6 Å². The van der Waals surface area contributed by atoms with Crippen LogP contribution in [0.15, 0.2) is 125 Å². The average molecular weight is 573 g/mol. The number of ether oxygens (including phenoxy) is 1. The molecule has 0 saturated carbocycles. The van der Waals surface area contributed by atoms with Crippen LogP contribution in [-0.4, -0.2) is 37.0 Å². The zero-order chi connectivity index (χ0) is 28.1. The molecule has 4 aromatic carbocycles. The lowest BCUT2D eigenvalue weighted by Gasteiger charge is -2.17. The molecule has 0 aliphatic heterocycles. The molecule has 1 unspecified atom stereocenters. The third-order valence-corrected chi connectivity index (χ3v) is 10.3. The van der Waals surface area contributed by atoms with Crippen LogP contribution in [0, 0.1) is 0 Å². The molecule has 8 nitrogen and oxygen atoms in total. The molecule has 0 radical (unpaired) electrons. The summed E-state index contributed by atoms with van der Waals surface area (Å²) >= 11 is 0. The normalized spacial score (nSPS) is 13.1. The molecule has 10 heteroatoms. The Labute approximate surface area is 231 Å². The van der Waals surface area contributed by atoms with Crippen molar-refractivity contribution in [2.24, 2.45) is 0 Å². The lowest BCUT2D eigenvalue weighted by Crippen LogP contribution is -2.18. The van der Waals surface area contributed by atoms with Gasteiger partial charge in [-0.25, -0.2) is 24.8 Å². The fourth-order valence-electron chi connectivity index (χ4n) is 4.87. The Kier molecular flexibility index (Phi) is 6.25. The molecule has 6 rings (SSSR count). The Morgan fingerprint density at radius 1 is 0.675 bits per heavy atom. The van der Waals surface area contributed by atoms with Crippen molar-refractivity contribution >= 4 is 41.9 Å². The molecule has 1 atom stereocenters. The number of fused-ring (bicyclic) bond motifs is 2. The van der Waals surface area contributed by atoms with Crippen molar-refractivity contribution in [3.05, 3.63) is 127 Å². The first kappa shape index (κ1) is 25.9. The number of rotatable bonds is 7. The van der Waals surface area contributed by atoms with Crippen molar-refractivity contribution in [2.75, 3.05) is 7.11 Å². The van der Waals surface area contributed by atoms with E-state index in [-0.39, 0.29) is 15.5 Å². The van der Waals surface area contributed by atoms with E-state index in [2.05, 4.69) is 0 Å². The van der Waals surface area contributed by atoms with Gasteiger partial charge in [-0.3, -0.25) is 0 Å². The van der Waals surface area contributed by atoms with E-state index >= 15 is 0 Å². The SMILES string of the molecule is COc1ccc2c(c1)cc(C(O)c1ccc3c(ccn3S(=O)(=O)c3ccccc3)c1)n2S(=O)(=O)c1ccccc1. The first-order valence-corrected chi connectivity index (χ1v) is 15.2. The smallest absolute Gasteiger partial charge is 0.268 e. The minimum atomic E-state index is -4.08. The molecule has 0 spiro atoms. The fourth-order valence-corrected chi connectivity index (χ4v) is 7.81. The standard InChI is InChI=1S/C30H24N2O6S2/c1-38-24-13-15-28-23(19-24)20-29(32(28)40(36,37)26-10-6-3-7-11-26)30(33)22-12-14-27-21(18-22)16-17-31(27)39(34,35)25-8-4-2-5-9-25/h2-20,30,33H,1H3. The summed E-state index contributed by atoms with van der Waals surface area (Å²) in [6.45, 7) is 0. The predicted molar refractivity (Wildman–Crippen MR) is 153 cm³/mol. The topological polar surface area (TPSA) is 108 Å².